The number of aromatic nitrogens is 1. The molecule has 7 heteroatoms. The second-order valence-corrected chi connectivity index (χ2v) is 9.13. The van der Waals surface area contributed by atoms with Gasteiger partial charge in [-0.15, -0.1) is 0 Å². The Bertz CT molecular complexity index is 1160. The van der Waals surface area contributed by atoms with Crippen LogP contribution in [0.2, 0.25) is 5.02 Å². The Morgan fingerprint density at radius 3 is 2.44 bits per heavy atom. The molecule has 1 amide bonds. The fourth-order valence-corrected chi connectivity index (χ4v) is 4.35. The molecule has 0 spiro atoms. The van der Waals surface area contributed by atoms with Crippen molar-refractivity contribution in [1.29, 1.82) is 5.26 Å². The first kappa shape index (κ1) is 23.7. The molecular weight excluding hydrogens is 448 g/mol. The molecule has 34 heavy (non-hydrogen) atoms. The Morgan fingerprint density at radius 1 is 1.12 bits per heavy atom. The van der Waals surface area contributed by atoms with E-state index in [1.807, 2.05) is 56.4 Å². The lowest BCUT2D eigenvalue weighted by Crippen LogP contribution is -2.38. The quantitative estimate of drug-likeness (QED) is 0.522. The minimum atomic E-state index is -0.102. The molecule has 0 aliphatic carbocycles. The SMILES string of the molecule is CC(C)Oc1ccc([C@@H](c2ccc(C#N)cc2)N2CCC(NC(=O)c3ccc(Cl)cc3)C2)cn1. The van der Waals surface area contributed by atoms with Crippen LogP contribution < -0.4 is 10.1 Å². The number of amides is 1. The van der Waals surface area contributed by atoms with Crippen molar-refractivity contribution >= 4 is 17.5 Å². The molecule has 0 bridgehead atoms. The Balaban J connectivity index is 1.53. The van der Waals surface area contributed by atoms with Gasteiger partial charge in [-0.1, -0.05) is 29.8 Å². The molecule has 2 aromatic carbocycles. The van der Waals surface area contributed by atoms with E-state index in [9.17, 15) is 10.1 Å². The van der Waals surface area contributed by atoms with Crippen molar-refractivity contribution in [3.8, 4) is 11.9 Å². The number of halogens is 1. The predicted molar refractivity (Wildman–Crippen MR) is 132 cm³/mol. The minimum Gasteiger partial charge on any atom is -0.475 e. The molecule has 3 aromatic rings. The molecule has 4 rings (SSSR count). The van der Waals surface area contributed by atoms with Crippen molar-refractivity contribution in [3.63, 3.8) is 0 Å². The highest BCUT2D eigenvalue weighted by Gasteiger charge is 2.31. The highest BCUT2D eigenvalue weighted by atomic mass is 35.5. The number of nitrogens with zero attached hydrogens (tertiary/aromatic N) is 3. The summed E-state index contributed by atoms with van der Waals surface area (Å²) in [6, 6.07) is 20.6. The lowest BCUT2D eigenvalue weighted by Gasteiger charge is -2.29. The van der Waals surface area contributed by atoms with E-state index >= 15 is 0 Å². The van der Waals surface area contributed by atoms with Gasteiger partial charge in [-0.05, 0) is 67.8 Å². The van der Waals surface area contributed by atoms with E-state index in [0.717, 1.165) is 24.1 Å². The van der Waals surface area contributed by atoms with E-state index < -0.39 is 0 Å². The zero-order chi connectivity index (χ0) is 24.1. The van der Waals surface area contributed by atoms with Crippen LogP contribution in [-0.4, -0.2) is 41.0 Å². The van der Waals surface area contributed by atoms with Gasteiger partial charge in [-0.25, -0.2) is 4.98 Å². The van der Waals surface area contributed by atoms with E-state index in [2.05, 4.69) is 21.3 Å². The predicted octanol–water partition coefficient (Wildman–Crippen LogP) is 4.99. The minimum absolute atomic E-state index is 0.0283. The number of carbonyl (C=O) groups excluding carboxylic acids is 1. The summed E-state index contributed by atoms with van der Waals surface area (Å²) in [7, 11) is 0. The Labute approximate surface area is 205 Å². The molecule has 1 aliphatic rings. The zero-order valence-electron chi connectivity index (χ0n) is 19.2. The first-order chi connectivity index (χ1) is 16.4. The topological polar surface area (TPSA) is 78.2 Å². The van der Waals surface area contributed by atoms with Crippen LogP contribution in [-0.2, 0) is 0 Å². The number of nitriles is 1. The van der Waals surface area contributed by atoms with Crippen molar-refractivity contribution in [1.82, 2.24) is 15.2 Å². The van der Waals surface area contributed by atoms with Gasteiger partial charge < -0.3 is 10.1 Å². The highest BCUT2D eigenvalue weighted by molar-refractivity contribution is 6.30. The normalized spacial score (nSPS) is 16.7. The molecule has 2 atom stereocenters. The number of benzene rings is 2. The summed E-state index contributed by atoms with van der Waals surface area (Å²) >= 11 is 5.94. The van der Waals surface area contributed by atoms with Crippen LogP contribution in [0.25, 0.3) is 0 Å². The first-order valence-corrected chi connectivity index (χ1v) is 11.7. The van der Waals surface area contributed by atoms with Crippen molar-refractivity contribution in [2.45, 2.75) is 38.5 Å². The van der Waals surface area contributed by atoms with E-state index in [1.54, 1.807) is 24.3 Å². The average molecular weight is 475 g/mol. The molecule has 0 radical (unpaired) electrons. The average Bonchev–Trinajstić information content (AvgIpc) is 3.28. The summed E-state index contributed by atoms with van der Waals surface area (Å²) in [4.78, 5) is 19.5. The number of likely N-dealkylation sites (tertiary alicyclic amines) is 1. The summed E-state index contributed by atoms with van der Waals surface area (Å²) in [5.74, 6) is 0.488. The van der Waals surface area contributed by atoms with Crippen LogP contribution in [0.3, 0.4) is 0 Å². The van der Waals surface area contributed by atoms with Crippen molar-refractivity contribution in [2.24, 2.45) is 0 Å². The fourth-order valence-electron chi connectivity index (χ4n) is 4.23. The van der Waals surface area contributed by atoms with Gasteiger partial charge in [0.05, 0.1) is 23.8 Å². The van der Waals surface area contributed by atoms with Gasteiger partial charge in [-0.2, -0.15) is 5.26 Å². The molecule has 1 fully saturated rings. The van der Waals surface area contributed by atoms with E-state index in [4.69, 9.17) is 16.3 Å². The molecule has 174 valence electrons. The first-order valence-electron chi connectivity index (χ1n) is 11.4. The molecule has 2 heterocycles. The molecule has 1 unspecified atom stereocenters. The van der Waals surface area contributed by atoms with Crippen molar-refractivity contribution in [2.75, 3.05) is 13.1 Å². The number of hydrogen-bond acceptors (Lipinski definition) is 5. The van der Waals surface area contributed by atoms with Crippen LogP contribution in [0.15, 0.2) is 66.9 Å². The summed E-state index contributed by atoms with van der Waals surface area (Å²) < 4.78 is 5.70. The molecule has 6 nitrogen and oxygen atoms in total. The van der Waals surface area contributed by atoms with Crippen LogP contribution in [0.1, 0.15) is 53.4 Å². The van der Waals surface area contributed by atoms with Crippen molar-refractivity contribution in [3.05, 3.63) is 94.1 Å². The van der Waals surface area contributed by atoms with Gasteiger partial charge in [-0.3, -0.25) is 9.69 Å². The second kappa shape index (κ2) is 10.7. The van der Waals surface area contributed by atoms with Crippen molar-refractivity contribution < 1.29 is 9.53 Å². The standard InChI is InChI=1S/C27H27ClN4O2/c1-18(2)34-25-12-9-22(16-30-25)26(20-5-3-19(15-29)4-6-20)32-14-13-24(17-32)31-27(33)21-7-10-23(28)11-8-21/h3-12,16,18,24,26H,13-14,17H2,1-2H3,(H,31,33)/t24?,26-/m1/s1. The van der Waals surface area contributed by atoms with E-state index in [0.29, 0.717) is 28.6 Å². The smallest absolute Gasteiger partial charge is 0.251 e. The third kappa shape index (κ3) is 5.74. The van der Waals surface area contributed by atoms with Gasteiger partial charge in [0.1, 0.15) is 0 Å². The maximum Gasteiger partial charge on any atom is 0.251 e. The van der Waals surface area contributed by atoms with Crippen LogP contribution >= 0.6 is 11.6 Å². The summed E-state index contributed by atoms with van der Waals surface area (Å²) in [5, 5.41) is 12.9. The molecule has 1 N–H and O–H groups in total. The Morgan fingerprint density at radius 2 is 1.82 bits per heavy atom. The lowest BCUT2D eigenvalue weighted by atomic mass is 9.97. The molecular formula is C27H27ClN4O2. The maximum atomic E-state index is 12.7. The second-order valence-electron chi connectivity index (χ2n) is 8.69. The number of nitrogens with one attached hydrogen (secondary N) is 1. The summed E-state index contributed by atoms with van der Waals surface area (Å²) in [5.41, 5.74) is 3.32. The summed E-state index contributed by atoms with van der Waals surface area (Å²) in [6.07, 6.45) is 2.74. The maximum absolute atomic E-state index is 12.7. The van der Waals surface area contributed by atoms with Gasteiger partial charge in [0.25, 0.3) is 5.91 Å². The van der Waals surface area contributed by atoms with Gasteiger partial charge >= 0.3 is 0 Å². The molecule has 1 aliphatic heterocycles. The van der Waals surface area contributed by atoms with Crippen LogP contribution in [0.4, 0.5) is 0 Å². The third-order valence-electron chi connectivity index (χ3n) is 5.81. The summed E-state index contributed by atoms with van der Waals surface area (Å²) in [6.45, 7) is 5.46. The third-order valence-corrected chi connectivity index (χ3v) is 6.07. The fraction of sp³-hybridized carbons (Fsp3) is 0.296. The lowest BCUT2D eigenvalue weighted by molar-refractivity contribution is 0.0937. The number of pyridine rings is 1. The Kier molecular flexibility index (Phi) is 7.46. The molecule has 0 saturated carbocycles. The monoisotopic (exact) mass is 474 g/mol. The van der Waals surface area contributed by atoms with Gasteiger partial charge in [0, 0.05) is 42.0 Å². The Hall–Kier alpha value is -3.40. The largest absolute Gasteiger partial charge is 0.475 e. The van der Waals surface area contributed by atoms with Gasteiger partial charge in [0.15, 0.2) is 0 Å². The van der Waals surface area contributed by atoms with E-state index in [-0.39, 0.29) is 24.1 Å². The zero-order valence-corrected chi connectivity index (χ0v) is 20.0. The molecule has 1 aromatic heterocycles. The van der Waals surface area contributed by atoms with E-state index in [1.165, 1.54) is 0 Å². The number of rotatable bonds is 7. The van der Waals surface area contributed by atoms with Gasteiger partial charge in [0.2, 0.25) is 5.88 Å². The number of ether oxygens (including phenoxy) is 1. The van der Waals surface area contributed by atoms with Crippen LogP contribution in [0, 0.1) is 11.3 Å². The number of hydrogen-bond donors (Lipinski definition) is 1. The highest BCUT2D eigenvalue weighted by Crippen LogP contribution is 2.32. The molecule has 1 saturated heterocycles. The van der Waals surface area contributed by atoms with Crippen LogP contribution in [0.5, 0.6) is 5.88 Å². The number of carbonyl (C=O) groups is 1.